The number of aliphatic carboxylic acids is 2. The Hall–Kier alpha value is -1.45. The van der Waals surface area contributed by atoms with Gasteiger partial charge in [0, 0.05) is 4.47 Å². The summed E-state index contributed by atoms with van der Waals surface area (Å²) >= 11 is 3.22. The lowest BCUT2D eigenvalue weighted by atomic mass is 10.2. The van der Waals surface area contributed by atoms with Crippen LogP contribution in [0.2, 0.25) is 0 Å². The number of sulfonamides is 1. The minimum atomic E-state index is -4.10. The summed E-state index contributed by atoms with van der Waals surface area (Å²) in [4.78, 5) is 21.3. The molecule has 0 aliphatic rings. The van der Waals surface area contributed by atoms with Crippen LogP contribution in [0, 0.1) is 6.92 Å². The van der Waals surface area contributed by atoms with E-state index >= 15 is 0 Å². The second-order valence-corrected chi connectivity index (χ2v) is 6.59. The molecule has 7 nitrogen and oxygen atoms in total. The zero-order valence-corrected chi connectivity index (χ0v) is 12.7. The first-order valence-electron chi connectivity index (χ1n) is 5.36. The third-order valence-electron chi connectivity index (χ3n) is 2.41. The fourth-order valence-corrected chi connectivity index (χ4v) is 2.91. The van der Waals surface area contributed by atoms with E-state index in [1.807, 2.05) is 4.72 Å². The minimum absolute atomic E-state index is 0.130. The second kappa shape index (κ2) is 6.33. The molecule has 0 heterocycles. The molecule has 110 valence electrons. The van der Waals surface area contributed by atoms with Crippen LogP contribution in [0.1, 0.15) is 12.0 Å². The van der Waals surface area contributed by atoms with Crippen molar-refractivity contribution in [2.75, 3.05) is 0 Å². The van der Waals surface area contributed by atoms with Gasteiger partial charge in [0.15, 0.2) is 0 Å². The van der Waals surface area contributed by atoms with E-state index < -0.39 is 34.4 Å². The van der Waals surface area contributed by atoms with E-state index in [4.69, 9.17) is 10.2 Å². The Morgan fingerprint density at radius 1 is 1.35 bits per heavy atom. The maximum absolute atomic E-state index is 12.0. The largest absolute Gasteiger partial charge is 0.481 e. The Labute approximate surface area is 123 Å². The molecular weight excluding hydrogens is 354 g/mol. The van der Waals surface area contributed by atoms with Crippen LogP contribution in [-0.2, 0) is 19.6 Å². The molecule has 0 saturated carbocycles. The summed E-state index contributed by atoms with van der Waals surface area (Å²) in [6, 6.07) is 2.43. The van der Waals surface area contributed by atoms with Crippen molar-refractivity contribution in [2.45, 2.75) is 24.3 Å². The monoisotopic (exact) mass is 365 g/mol. The summed E-state index contributed by atoms with van der Waals surface area (Å²) in [5.74, 6) is -2.96. The molecule has 20 heavy (non-hydrogen) atoms. The van der Waals surface area contributed by atoms with Crippen LogP contribution in [0.25, 0.3) is 0 Å². The van der Waals surface area contributed by atoms with Crippen LogP contribution in [0.3, 0.4) is 0 Å². The molecule has 0 bridgehead atoms. The topological polar surface area (TPSA) is 121 Å². The van der Waals surface area contributed by atoms with E-state index in [0.29, 0.717) is 10.0 Å². The van der Waals surface area contributed by atoms with E-state index in [0.717, 1.165) is 0 Å². The number of halogens is 1. The zero-order valence-electron chi connectivity index (χ0n) is 10.3. The lowest BCUT2D eigenvalue weighted by Gasteiger charge is -2.13. The number of nitrogens with one attached hydrogen (secondary N) is 1. The number of hydrogen-bond donors (Lipinski definition) is 3. The molecule has 0 fully saturated rings. The smallest absolute Gasteiger partial charge is 0.322 e. The van der Waals surface area contributed by atoms with Gasteiger partial charge in [0.05, 0.1) is 11.3 Å². The molecule has 3 N–H and O–H groups in total. The van der Waals surface area contributed by atoms with Crippen molar-refractivity contribution in [1.82, 2.24) is 4.72 Å². The van der Waals surface area contributed by atoms with Crippen LogP contribution >= 0.6 is 15.9 Å². The normalized spacial score (nSPS) is 12.9. The fraction of sp³-hybridized carbons (Fsp3) is 0.273. The third-order valence-corrected chi connectivity index (χ3v) is 4.77. The molecule has 0 radical (unpaired) electrons. The molecular formula is C11H12BrNO6S. The van der Waals surface area contributed by atoms with E-state index in [2.05, 4.69) is 15.9 Å². The number of rotatable bonds is 6. The molecule has 1 unspecified atom stereocenters. The van der Waals surface area contributed by atoms with E-state index in [9.17, 15) is 18.0 Å². The fourth-order valence-electron chi connectivity index (χ4n) is 1.39. The van der Waals surface area contributed by atoms with Gasteiger partial charge in [-0.3, -0.25) is 9.59 Å². The predicted molar refractivity (Wildman–Crippen MR) is 72.9 cm³/mol. The van der Waals surface area contributed by atoms with Gasteiger partial charge in [-0.15, -0.1) is 0 Å². The molecule has 0 aromatic heterocycles. The highest BCUT2D eigenvalue weighted by Gasteiger charge is 2.27. The van der Waals surface area contributed by atoms with Crippen molar-refractivity contribution in [3.05, 3.63) is 28.2 Å². The van der Waals surface area contributed by atoms with Gasteiger partial charge in [-0.05, 0) is 30.7 Å². The first kappa shape index (κ1) is 16.6. The van der Waals surface area contributed by atoms with Gasteiger partial charge in [-0.25, -0.2) is 8.42 Å². The summed E-state index contributed by atoms with van der Waals surface area (Å²) in [6.07, 6.45) is -0.843. The van der Waals surface area contributed by atoms with Crippen molar-refractivity contribution in [3.8, 4) is 0 Å². The van der Waals surface area contributed by atoms with Crippen molar-refractivity contribution in [2.24, 2.45) is 0 Å². The Morgan fingerprint density at radius 3 is 2.40 bits per heavy atom. The third kappa shape index (κ3) is 4.29. The Bertz CT molecular complexity index is 642. The molecule has 1 rings (SSSR count). The maximum atomic E-state index is 12.0. The van der Waals surface area contributed by atoms with Crippen LogP contribution in [-0.4, -0.2) is 36.6 Å². The molecule has 0 aliphatic heterocycles. The molecule has 1 aromatic carbocycles. The average Bonchev–Trinajstić information content (AvgIpc) is 2.30. The van der Waals surface area contributed by atoms with E-state index in [-0.39, 0.29) is 4.90 Å². The van der Waals surface area contributed by atoms with Gasteiger partial charge >= 0.3 is 11.9 Å². The maximum Gasteiger partial charge on any atom is 0.322 e. The summed E-state index contributed by atoms with van der Waals surface area (Å²) in [7, 11) is -4.10. The number of benzene rings is 1. The molecule has 1 aromatic rings. The highest BCUT2D eigenvalue weighted by molar-refractivity contribution is 9.10. The standard InChI is InChI=1S/C11H12BrNO6S/c1-6-4-7(2-3-8(6)12)20(18,19)13-9(11(16)17)5-10(14)15/h2-4,9,13H,5H2,1H3,(H,14,15)(H,16,17). The number of carboxylic acid groups (broad SMARTS) is 2. The molecule has 0 amide bonds. The van der Waals surface area contributed by atoms with Crippen molar-refractivity contribution < 1.29 is 28.2 Å². The second-order valence-electron chi connectivity index (χ2n) is 4.02. The summed E-state index contributed by atoms with van der Waals surface area (Å²) < 4.78 is 26.6. The van der Waals surface area contributed by atoms with Crippen molar-refractivity contribution in [3.63, 3.8) is 0 Å². The summed E-state index contributed by atoms with van der Waals surface area (Å²) in [5, 5.41) is 17.4. The summed E-state index contributed by atoms with van der Waals surface area (Å²) in [5.41, 5.74) is 0.651. The molecule has 1 atom stereocenters. The predicted octanol–water partition coefficient (Wildman–Crippen LogP) is 0.964. The SMILES string of the molecule is Cc1cc(S(=O)(=O)NC(CC(=O)O)C(=O)O)ccc1Br. The van der Waals surface area contributed by atoms with Crippen LogP contribution in [0.5, 0.6) is 0 Å². The van der Waals surface area contributed by atoms with Crippen LogP contribution in [0.4, 0.5) is 0 Å². The van der Waals surface area contributed by atoms with Crippen LogP contribution < -0.4 is 4.72 Å². The average molecular weight is 366 g/mol. The molecule has 9 heteroatoms. The first-order valence-corrected chi connectivity index (χ1v) is 7.64. The quantitative estimate of drug-likeness (QED) is 0.690. The Balaban J connectivity index is 3.06. The Morgan fingerprint density at radius 2 is 1.95 bits per heavy atom. The molecule has 0 aliphatic carbocycles. The number of hydrogen-bond acceptors (Lipinski definition) is 4. The van der Waals surface area contributed by atoms with Gasteiger partial charge in [0.25, 0.3) is 0 Å². The minimum Gasteiger partial charge on any atom is -0.481 e. The first-order chi connectivity index (χ1) is 9.13. The zero-order chi connectivity index (χ0) is 15.5. The molecule has 0 saturated heterocycles. The lowest BCUT2D eigenvalue weighted by molar-refractivity contribution is -0.145. The highest BCUT2D eigenvalue weighted by atomic mass is 79.9. The highest BCUT2D eigenvalue weighted by Crippen LogP contribution is 2.20. The van der Waals surface area contributed by atoms with Crippen molar-refractivity contribution in [1.29, 1.82) is 0 Å². The van der Waals surface area contributed by atoms with Gasteiger partial charge in [0.1, 0.15) is 6.04 Å². The van der Waals surface area contributed by atoms with Crippen LogP contribution in [0.15, 0.2) is 27.6 Å². The van der Waals surface area contributed by atoms with Gasteiger partial charge in [-0.2, -0.15) is 4.72 Å². The van der Waals surface area contributed by atoms with Gasteiger partial charge in [-0.1, -0.05) is 15.9 Å². The van der Waals surface area contributed by atoms with Gasteiger partial charge in [0.2, 0.25) is 10.0 Å². The van der Waals surface area contributed by atoms with Gasteiger partial charge < -0.3 is 10.2 Å². The number of carboxylic acids is 2. The Kier molecular flexibility index (Phi) is 5.26. The lowest BCUT2D eigenvalue weighted by Crippen LogP contribution is -2.42. The van der Waals surface area contributed by atoms with E-state index in [1.54, 1.807) is 6.92 Å². The molecule has 0 spiro atoms. The number of carbonyl (C=O) groups is 2. The van der Waals surface area contributed by atoms with E-state index in [1.165, 1.54) is 18.2 Å². The van der Waals surface area contributed by atoms with Crippen molar-refractivity contribution >= 4 is 37.9 Å². The number of aryl methyl sites for hydroxylation is 1. The summed E-state index contributed by atoms with van der Waals surface area (Å²) in [6.45, 7) is 1.68.